The lowest BCUT2D eigenvalue weighted by Gasteiger charge is -2.55. The number of rotatable bonds is 7. The molecule has 0 radical (unpaired) electrons. The van der Waals surface area contributed by atoms with Crippen molar-refractivity contribution in [3.8, 4) is 6.07 Å². The third kappa shape index (κ3) is 3.29. The summed E-state index contributed by atoms with van der Waals surface area (Å²) in [7, 11) is 0. The van der Waals surface area contributed by atoms with Crippen LogP contribution in [-0.4, -0.2) is 42.2 Å². The summed E-state index contributed by atoms with van der Waals surface area (Å²) in [5.41, 5.74) is 0.107. The van der Waals surface area contributed by atoms with E-state index in [9.17, 15) is 9.18 Å². The van der Waals surface area contributed by atoms with Crippen molar-refractivity contribution in [1.29, 1.82) is 5.26 Å². The standard InChI is InChI=1S/C15H26FN3O/c1-5-12(10-17)19(9-8-16)13(20)11-18-15(4)7-6-14(15,2)3/h12,18H,5-9,11H2,1-4H3/t12-,15-/m0/s1. The summed E-state index contributed by atoms with van der Waals surface area (Å²) in [6, 6.07) is 1.53. The van der Waals surface area contributed by atoms with Gasteiger partial charge in [-0.1, -0.05) is 20.8 Å². The summed E-state index contributed by atoms with van der Waals surface area (Å²) >= 11 is 0. The molecule has 1 amide bonds. The Morgan fingerprint density at radius 2 is 2.10 bits per heavy atom. The minimum absolute atomic E-state index is 0.00725. The maximum Gasteiger partial charge on any atom is 0.237 e. The molecule has 20 heavy (non-hydrogen) atoms. The zero-order valence-electron chi connectivity index (χ0n) is 13.0. The average Bonchev–Trinajstić information content (AvgIpc) is 2.43. The van der Waals surface area contributed by atoms with Crippen LogP contribution in [0.2, 0.25) is 0 Å². The Bertz CT molecular complexity index is 391. The van der Waals surface area contributed by atoms with E-state index in [4.69, 9.17) is 5.26 Å². The Kier molecular flexibility index (Phi) is 5.52. The molecular weight excluding hydrogens is 257 g/mol. The monoisotopic (exact) mass is 283 g/mol. The number of nitrogens with one attached hydrogen (secondary N) is 1. The van der Waals surface area contributed by atoms with Crippen LogP contribution in [-0.2, 0) is 4.79 Å². The topological polar surface area (TPSA) is 56.1 Å². The first kappa shape index (κ1) is 16.9. The molecule has 0 aromatic heterocycles. The van der Waals surface area contributed by atoms with E-state index >= 15 is 0 Å². The van der Waals surface area contributed by atoms with Crippen LogP contribution in [0, 0.1) is 16.7 Å². The van der Waals surface area contributed by atoms with Crippen molar-refractivity contribution in [1.82, 2.24) is 10.2 Å². The molecule has 4 nitrogen and oxygen atoms in total. The highest BCUT2D eigenvalue weighted by molar-refractivity contribution is 5.79. The molecule has 1 saturated carbocycles. The van der Waals surface area contributed by atoms with Gasteiger partial charge in [0.1, 0.15) is 12.7 Å². The predicted molar refractivity (Wildman–Crippen MR) is 76.8 cm³/mol. The number of hydrogen-bond acceptors (Lipinski definition) is 3. The Labute approximate surface area is 121 Å². The SMILES string of the molecule is CC[C@@H](C#N)N(CCF)C(=O)CN[C@@]1(C)CCC1(C)C. The van der Waals surface area contributed by atoms with Crippen LogP contribution in [0.25, 0.3) is 0 Å². The molecule has 1 N–H and O–H groups in total. The normalized spacial score (nSPS) is 25.4. The van der Waals surface area contributed by atoms with Crippen molar-refractivity contribution in [2.45, 2.75) is 58.5 Å². The van der Waals surface area contributed by atoms with Gasteiger partial charge in [-0.2, -0.15) is 5.26 Å². The fraction of sp³-hybridized carbons (Fsp3) is 0.867. The summed E-state index contributed by atoms with van der Waals surface area (Å²) in [4.78, 5) is 13.6. The Morgan fingerprint density at radius 3 is 2.45 bits per heavy atom. The van der Waals surface area contributed by atoms with Crippen molar-refractivity contribution in [3.05, 3.63) is 0 Å². The molecule has 0 bridgehead atoms. The summed E-state index contributed by atoms with van der Waals surface area (Å²) in [6.07, 6.45) is 2.69. The van der Waals surface area contributed by atoms with Crippen molar-refractivity contribution >= 4 is 5.91 Å². The number of carbonyl (C=O) groups excluding carboxylic acids is 1. The molecule has 0 unspecified atom stereocenters. The fourth-order valence-corrected chi connectivity index (χ4v) is 2.63. The number of nitriles is 1. The van der Waals surface area contributed by atoms with Crippen LogP contribution in [0.15, 0.2) is 0 Å². The van der Waals surface area contributed by atoms with Gasteiger partial charge in [0.15, 0.2) is 0 Å². The van der Waals surface area contributed by atoms with Crippen molar-refractivity contribution in [3.63, 3.8) is 0 Å². The van der Waals surface area contributed by atoms with Gasteiger partial charge in [0.25, 0.3) is 0 Å². The molecule has 0 heterocycles. The van der Waals surface area contributed by atoms with Crippen molar-refractivity contribution in [2.75, 3.05) is 19.8 Å². The second-order valence-electron chi connectivity index (χ2n) is 6.40. The van der Waals surface area contributed by atoms with Crippen LogP contribution in [0.5, 0.6) is 0 Å². The number of hydrogen-bond donors (Lipinski definition) is 1. The van der Waals surface area contributed by atoms with E-state index in [1.165, 1.54) is 4.90 Å². The molecule has 0 saturated heterocycles. The maximum absolute atomic E-state index is 12.6. The molecule has 1 fully saturated rings. The molecule has 114 valence electrons. The summed E-state index contributed by atoms with van der Waals surface area (Å²) in [5.74, 6) is -0.194. The first-order valence-corrected chi connectivity index (χ1v) is 7.31. The van der Waals surface area contributed by atoms with Gasteiger partial charge >= 0.3 is 0 Å². The Balaban J connectivity index is 2.61. The molecule has 0 aliphatic heterocycles. The number of halogens is 1. The van der Waals surface area contributed by atoms with Gasteiger partial charge in [-0.3, -0.25) is 4.79 Å². The quantitative estimate of drug-likeness (QED) is 0.779. The molecule has 0 aromatic carbocycles. The summed E-state index contributed by atoms with van der Waals surface area (Å²) < 4.78 is 12.6. The van der Waals surface area contributed by atoms with Gasteiger partial charge in [-0.25, -0.2) is 4.39 Å². The first-order chi connectivity index (χ1) is 9.31. The highest BCUT2D eigenvalue weighted by atomic mass is 19.1. The zero-order valence-corrected chi connectivity index (χ0v) is 13.0. The van der Waals surface area contributed by atoms with Gasteiger partial charge in [-0.05, 0) is 31.6 Å². The average molecular weight is 283 g/mol. The van der Waals surface area contributed by atoms with E-state index in [0.29, 0.717) is 6.42 Å². The van der Waals surface area contributed by atoms with Crippen LogP contribution >= 0.6 is 0 Å². The third-order valence-corrected chi connectivity index (χ3v) is 4.93. The molecule has 1 aliphatic rings. The lowest BCUT2D eigenvalue weighted by atomic mass is 9.57. The molecule has 5 heteroatoms. The molecule has 2 atom stereocenters. The number of nitrogens with zero attached hydrogens (tertiary/aromatic N) is 2. The van der Waals surface area contributed by atoms with E-state index in [1.807, 2.05) is 6.92 Å². The van der Waals surface area contributed by atoms with Crippen LogP contribution < -0.4 is 5.32 Å². The lowest BCUT2D eigenvalue weighted by Crippen LogP contribution is -2.63. The van der Waals surface area contributed by atoms with Gasteiger partial charge in [-0.15, -0.1) is 0 Å². The second-order valence-corrected chi connectivity index (χ2v) is 6.40. The minimum Gasteiger partial charge on any atom is -0.323 e. The minimum atomic E-state index is -0.618. The van der Waals surface area contributed by atoms with Crippen molar-refractivity contribution < 1.29 is 9.18 Å². The predicted octanol–water partition coefficient (Wildman–Crippen LogP) is 2.25. The molecular formula is C15H26FN3O. The molecule has 1 rings (SSSR count). The molecule has 0 spiro atoms. The zero-order chi connectivity index (χ0) is 15.4. The van der Waals surface area contributed by atoms with Gasteiger partial charge < -0.3 is 10.2 Å². The smallest absolute Gasteiger partial charge is 0.237 e. The highest BCUT2D eigenvalue weighted by Crippen LogP contribution is 2.48. The van der Waals surface area contributed by atoms with E-state index in [2.05, 4.69) is 32.2 Å². The van der Waals surface area contributed by atoms with E-state index < -0.39 is 12.7 Å². The van der Waals surface area contributed by atoms with Crippen molar-refractivity contribution in [2.24, 2.45) is 5.41 Å². The van der Waals surface area contributed by atoms with Gasteiger partial charge in [0.05, 0.1) is 19.2 Å². The van der Waals surface area contributed by atoms with Crippen LogP contribution in [0.4, 0.5) is 4.39 Å². The summed E-state index contributed by atoms with van der Waals surface area (Å²) in [5, 5.41) is 12.4. The van der Waals surface area contributed by atoms with E-state index in [0.717, 1.165) is 12.8 Å². The maximum atomic E-state index is 12.6. The third-order valence-electron chi connectivity index (χ3n) is 4.93. The second kappa shape index (κ2) is 6.53. The lowest BCUT2D eigenvalue weighted by molar-refractivity contribution is -0.133. The van der Waals surface area contributed by atoms with E-state index in [1.54, 1.807) is 0 Å². The van der Waals surface area contributed by atoms with Gasteiger partial charge in [0, 0.05) is 5.54 Å². The number of alkyl halides is 1. The number of amides is 1. The van der Waals surface area contributed by atoms with Gasteiger partial charge in [0.2, 0.25) is 5.91 Å². The summed E-state index contributed by atoms with van der Waals surface area (Å²) in [6.45, 7) is 7.84. The molecule has 0 aromatic rings. The first-order valence-electron chi connectivity index (χ1n) is 7.31. The van der Waals surface area contributed by atoms with Crippen LogP contribution in [0.1, 0.15) is 47.0 Å². The fourth-order valence-electron chi connectivity index (χ4n) is 2.63. The number of carbonyl (C=O) groups is 1. The van der Waals surface area contributed by atoms with Crippen LogP contribution in [0.3, 0.4) is 0 Å². The van der Waals surface area contributed by atoms with E-state index in [-0.39, 0.29) is 30.0 Å². The highest BCUT2D eigenvalue weighted by Gasteiger charge is 2.49. The molecule has 1 aliphatic carbocycles. The Hall–Kier alpha value is -1.15. The Morgan fingerprint density at radius 1 is 1.45 bits per heavy atom. The largest absolute Gasteiger partial charge is 0.323 e.